The van der Waals surface area contributed by atoms with Gasteiger partial charge in [-0.05, 0) is 38.7 Å². The second-order valence-corrected chi connectivity index (χ2v) is 8.49. The summed E-state index contributed by atoms with van der Waals surface area (Å²) < 4.78 is 28.3. The molecule has 0 amide bonds. The van der Waals surface area contributed by atoms with E-state index in [0.29, 0.717) is 13.1 Å². The highest BCUT2D eigenvalue weighted by molar-refractivity contribution is 7.86. The van der Waals surface area contributed by atoms with Crippen molar-refractivity contribution >= 4 is 10.2 Å². The van der Waals surface area contributed by atoms with Crippen molar-refractivity contribution in [1.82, 2.24) is 8.61 Å². The Kier molecular flexibility index (Phi) is 5.45. The van der Waals surface area contributed by atoms with Gasteiger partial charge in [-0.2, -0.15) is 22.3 Å². The van der Waals surface area contributed by atoms with Crippen molar-refractivity contribution in [2.45, 2.75) is 45.6 Å². The maximum absolute atomic E-state index is 12.7. The van der Waals surface area contributed by atoms with E-state index in [4.69, 9.17) is 5.26 Å². The maximum atomic E-state index is 12.7. The minimum atomic E-state index is -3.51. The van der Waals surface area contributed by atoms with Gasteiger partial charge in [-0.15, -0.1) is 0 Å². The number of hydrogen-bond donors (Lipinski definition) is 0. The van der Waals surface area contributed by atoms with E-state index in [9.17, 15) is 8.42 Å². The highest BCUT2D eigenvalue weighted by atomic mass is 32.2. The van der Waals surface area contributed by atoms with Crippen molar-refractivity contribution in [2.24, 2.45) is 0 Å². The number of nitriles is 1. The van der Waals surface area contributed by atoms with Crippen molar-refractivity contribution < 1.29 is 8.42 Å². The topological polar surface area (TPSA) is 64.4 Å². The SMILES string of the molecule is Cc1cc(C)cc([C@@H]2CCN(S(=O)(=O)N(C)[C@H](C)CC#N)C2)c1. The van der Waals surface area contributed by atoms with Crippen LogP contribution in [0.4, 0.5) is 0 Å². The molecule has 1 aliphatic rings. The van der Waals surface area contributed by atoms with Gasteiger partial charge in [0.25, 0.3) is 10.2 Å². The minimum Gasteiger partial charge on any atom is -0.198 e. The first-order valence-electron chi connectivity index (χ1n) is 7.94. The Bertz CT molecular complexity index is 689. The highest BCUT2D eigenvalue weighted by Gasteiger charge is 2.36. The fraction of sp³-hybridized carbons (Fsp3) is 0.588. The van der Waals surface area contributed by atoms with Gasteiger partial charge >= 0.3 is 0 Å². The summed E-state index contributed by atoms with van der Waals surface area (Å²) >= 11 is 0. The lowest BCUT2D eigenvalue weighted by Crippen LogP contribution is -2.44. The Morgan fingerprint density at radius 2 is 1.96 bits per heavy atom. The Balaban J connectivity index is 2.14. The molecule has 0 aliphatic carbocycles. The fourth-order valence-corrected chi connectivity index (χ4v) is 4.72. The van der Waals surface area contributed by atoms with Gasteiger partial charge in [0.05, 0.1) is 12.5 Å². The highest BCUT2D eigenvalue weighted by Crippen LogP contribution is 2.31. The van der Waals surface area contributed by atoms with Crippen molar-refractivity contribution in [1.29, 1.82) is 5.26 Å². The normalized spacial score (nSPS) is 20.6. The zero-order valence-corrected chi connectivity index (χ0v) is 15.1. The standard InChI is InChI=1S/C17H25N3O2S/c1-13-9-14(2)11-17(10-13)16-6-8-20(12-16)23(21,22)19(4)15(3)5-7-18/h9-11,15-16H,5-6,8,12H2,1-4H3/t15-,16-/m1/s1. The van der Waals surface area contributed by atoms with E-state index < -0.39 is 10.2 Å². The quantitative estimate of drug-likeness (QED) is 0.831. The Morgan fingerprint density at radius 1 is 1.35 bits per heavy atom. The number of rotatable bonds is 5. The van der Waals surface area contributed by atoms with Gasteiger partial charge in [-0.25, -0.2) is 0 Å². The molecule has 1 fully saturated rings. The summed E-state index contributed by atoms with van der Waals surface area (Å²) in [4.78, 5) is 0. The van der Waals surface area contributed by atoms with E-state index in [1.807, 2.05) is 6.07 Å². The van der Waals surface area contributed by atoms with Crippen LogP contribution in [-0.4, -0.2) is 43.2 Å². The van der Waals surface area contributed by atoms with Gasteiger partial charge in [0, 0.05) is 26.2 Å². The van der Waals surface area contributed by atoms with Crippen LogP contribution in [0.3, 0.4) is 0 Å². The average molecular weight is 335 g/mol. The predicted octanol–water partition coefficient (Wildman–Crippen LogP) is 2.57. The lowest BCUT2D eigenvalue weighted by Gasteiger charge is -2.27. The van der Waals surface area contributed by atoms with Gasteiger partial charge in [-0.1, -0.05) is 29.3 Å². The Hall–Kier alpha value is -1.42. The maximum Gasteiger partial charge on any atom is 0.282 e. The summed E-state index contributed by atoms with van der Waals surface area (Å²) in [5, 5.41) is 8.77. The van der Waals surface area contributed by atoms with Crippen LogP contribution in [0.2, 0.25) is 0 Å². The largest absolute Gasteiger partial charge is 0.282 e. The first kappa shape index (κ1) is 17.9. The van der Waals surface area contributed by atoms with E-state index >= 15 is 0 Å². The molecule has 2 rings (SSSR count). The van der Waals surface area contributed by atoms with Crippen LogP contribution in [0.1, 0.15) is 42.4 Å². The smallest absolute Gasteiger partial charge is 0.198 e. The van der Waals surface area contributed by atoms with Gasteiger partial charge < -0.3 is 0 Å². The molecule has 1 aliphatic heterocycles. The van der Waals surface area contributed by atoms with Crippen LogP contribution < -0.4 is 0 Å². The summed E-state index contributed by atoms with van der Waals surface area (Å²) in [5.41, 5.74) is 3.63. The minimum absolute atomic E-state index is 0.198. The lowest BCUT2D eigenvalue weighted by atomic mass is 9.95. The third-order valence-corrected chi connectivity index (χ3v) is 6.64. The van der Waals surface area contributed by atoms with Gasteiger partial charge in [0.2, 0.25) is 0 Å². The molecule has 5 nitrogen and oxygen atoms in total. The molecule has 0 spiro atoms. The molecule has 2 atom stereocenters. The van der Waals surface area contributed by atoms with Crippen molar-refractivity contribution in [3.63, 3.8) is 0 Å². The van der Waals surface area contributed by atoms with E-state index in [1.165, 1.54) is 21.0 Å². The molecular formula is C17H25N3O2S. The Morgan fingerprint density at radius 3 is 2.52 bits per heavy atom. The van der Waals surface area contributed by atoms with E-state index in [0.717, 1.165) is 6.42 Å². The van der Waals surface area contributed by atoms with Crippen LogP contribution in [-0.2, 0) is 10.2 Å². The molecule has 0 bridgehead atoms. The molecule has 0 aromatic heterocycles. The monoisotopic (exact) mass is 335 g/mol. The summed E-state index contributed by atoms with van der Waals surface area (Å²) in [6.07, 6.45) is 1.03. The van der Waals surface area contributed by atoms with Crippen LogP contribution in [0.5, 0.6) is 0 Å². The molecule has 6 heteroatoms. The van der Waals surface area contributed by atoms with Gasteiger partial charge in [0.15, 0.2) is 0 Å². The van der Waals surface area contributed by atoms with Gasteiger partial charge in [-0.3, -0.25) is 0 Å². The predicted molar refractivity (Wildman–Crippen MR) is 91.2 cm³/mol. The molecule has 1 saturated heterocycles. The molecular weight excluding hydrogens is 310 g/mol. The summed E-state index contributed by atoms with van der Waals surface area (Å²) in [6, 6.07) is 8.15. The van der Waals surface area contributed by atoms with Crippen LogP contribution in [0, 0.1) is 25.2 Å². The Labute approximate surface area is 139 Å². The third-order valence-electron chi connectivity index (χ3n) is 4.56. The molecule has 1 heterocycles. The molecule has 0 unspecified atom stereocenters. The lowest BCUT2D eigenvalue weighted by molar-refractivity contribution is 0.347. The average Bonchev–Trinajstić information content (AvgIpc) is 2.96. The summed E-state index contributed by atoms with van der Waals surface area (Å²) in [5.74, 6) is 0.239. The first-order chi connectivity index (χ1) is 10.8. The van der Waals surface area contributed by atoms with E-state index in [-0.39, 0.29) is 18.4 Å². The summed E-state index contributed by atoms with van der Waals surface area (Å²) in [6.45, 7) is 6.94. The molecule has 1 aromatic carbocycles. The molecule has 126 valence electrons. The van der Waals surface area contributed by atoms with E-state index in [2.05, 4.69) is 32.0 Å². The zero-order valence-electron chi connectivity index (χ0n) is 14.3. The van der Waals surface area contributed by atoms with Crippen molar-refractivity contribution in [3.8, 4) is 6.07 Å². The molecule has 0 N–H and O–H groups in total. The molecule has 0 saturated carbocycles. The number of aryl methyl sites for hydroxylation is 2. The molecule has 1 aromatic rings. The van der Waals surface area contributed by atoms with E-state index in [1.54, 1.807) is 18.3 Å². The van der Waals surface area contributed by atoms with Crippen molar-refractivity contribution in [3.05, 3.63) is 34.9 Å². The number of hydrogen-bond acceptors (Lipinski definition) is 3. The fourth-order valence-electron chi connectivity index (χ4n) is 3.13. The van der Waals surface area contributed by atoms with Crippen molar-refractivity contribution in [2.75, 3.05) is 20.1 Å². The van der Waals surface area contributed by atoms with Gasteiger partial charge in [0.1, 0.15) is 0 Å². The van der Waals surface area contributed by atoms with Crippen LogP contribution in [0.25, 0.3) is 0 Å². The van der Waals surface area contributed by atoms with Crippen LogP contribution >= 0.6 is 0 Å². The first-order valence-corrected chi connectivity index (χ1v) is 9.33. The number of nitrogens with zero attached hydrogens (tertiary/aromatic N) is 3. The van der Waals surface area contributed by atoms with Crippen LogP contribution in [0.15, 0.2) is 18.2 Å². The summed E-state index contributed by atoms with van der Waals surface area (Å²) in [7, 11) is -1.95. The third kappa shape index (κ3) is 3.92. The zero-order chi connectivity index (χ0) is 17.2. The number of benzene rings is 1. The second-order valence-electron chi connectivity index (χ2n) is 6.50. The second kappa shape index (κ2) is 7.00. The molecule has 0 radical (unpaired) electrons. The molecule has 23 heavy (non-hydrogen) atoms.